The monoisotopic (exact) mass is 938 g/mol. The third kappa shape index (κ3) is 6.85. The van der Waals surface area contributed by atoms with E-state index in [1.165, 1.54) is 157 Å². The number of fused-ring (bicyclic) bond motifs is 6. The van der Waals surface area contributed by atoms with Gasteiger partial charge in [0.1, 0.15) is 11.2 Å². The van der Waals surface area contributed by atoms with Gasteiger partial charge < -0.3 is 18.6 Å². The molecule has 72 heavy (non-hydrogen) atoms. The van der Waals surface area contributed by atoms with Crippen molar-refractivity contribution in [3.05, 3.63) is 190 Å². The number of anilines is 5. The third-order valence-electron chi connectivity index (χ3n) is 17.2. The van der Waals surface area contributed by atoms with Gasteiger partial charge in [0.05, 0.1) is 22.8 Å². The normalized spacial score (nSPS) is 15.9. The van der Waals surface area contributed by atoms with Crippen molar-refractivity contribution in [3.63, 3.8) is 0 Å². The molecule has 2 fully saturated rings. The molecule has 4 nitrogen and oxygen atoms in total. The van der Waals surface area contributed by atoms with Gasteiger partial charge in [-0.05, 0) is 152 Å². The van der Waals surface area contributed by atoms with Crippen LogP contribution in [0.4, 0.5) is 28.4 Å². The number of furan rings is 2. The average Bonchev–Trinajstić information content (AvgIpc) is 4.00. The summed E-state index contributed by atoms with van der Waals surface area (Å²) in [5.74, 6) is 2.10. The lowest BCUT2D eigenvalue weighted by molar-refractivity contribution is 0.441. The fraction of sp³-hybridized carbons (Fsp3) is 0.265. The van der Waals surface area contributed by atoms with E-state index < -0.39 is 0 Å². The van der Waals surface area contributed by atoms with Gasteiger partial charge in [0, 0.05) is 43.9 Å². The molecular formula is C68H62N2O2. The van der Waals surface area contributed by atoms with E-state index in [0.717, 1.165) is 63.8 Å². The van der Waals surface area contributed by atoms with Crippen LogP contribution in [0.5, 0.6) is 0 Å². The van der Waals surface area contributed by atoms with Gasteiger partial charge in [-0.25, -0.2) is 0 Å². The minimum absolute atomic E-state index is 0.532. The van der Waals surface area contributed by atoms with Crippen LogP contribution in [0.25, 0.3) is 70.9 Å². The first-order valence-corrected chi connectivity index (χ1v) is 27.0. The summed E-state index contributed by atoms with van der Waals surface area (Å²) in [6.07, 6.45) is 17.1. The van der Waals surface area contributed by atoms with Crippen LogP contribution in [-0.4, -0.2) is 0 Å². The smallest absolute Gasteiger partial charge is 0.159 e. The van der Waals surface area contributed by atoms with Crippen LogP contribution in [0.15, 0.2) is 154 Å². The molecule has 0 radical (unpaired) electrons. The van der Waals surface area contributed by atoms with E-state index in [4.69, 9.17) is 8.83 Å². The van der Waals surface area contributed by atoms with E-state index in [-0.39, 0.29) is 0 Å². The first-order chi connectivity index (χ1) is 35.4. The highest BCUT2D eigenvalue weighted by Crippen LogP contribution is 2.52. The summed E-state index contributed by atoms with van der Waals surface area (Å²) in [6.45, 7) is 8.91. The van der Waals surface area contributed by atoms with E-state index in [0.29, 0.717) is 11.8 Å². The Bertz CT molecular complexity index is 3960. The minimum atomic E-state index is 0.532. The summed E-state index contributed by atoms with van der Waals surface area (Å²) in [6, 6.07) is 53.2. The molecule has 3 aliphatic rings. The summed E-state index contributed by atoms with van der Waals surface area (Å²) in [5, 5.41) is 11.1. The Morgan fingerprint density at radius 1 is 0.417 bits per heavy atom. The Morgan fingerprint density at radius 3 is 1.51 bits per heavy atom. The fourth-order valence-corrected chi connectivity index (χ4v) is 13.8. The lowest BCUT2D eigenvalue weighted by Crippen LogP contribution is -2.19. The largest absolute Gasteiger partial charge is 0.454 e. The lowest BCUT2D eigenvalue weighted by atomic mass is 9.83. The second-order valence-electron chi connectivity index (χ2n) is 21.8. The molecule has 11 aromatic rings. The summed E-state index contributed by atoms with van der Waals surface area (Å²) >= 11 is 0. The quantitative estimate of drug-likeness (QED) is 0.142. The van der Waals surface area contributed by atoms with Crippen LogP contribution in [0.3, 0.4) is 0 Å². The second-order valence-corrected chi connectivity index (χ2v) is 21.8. The summed E-state index contributed by atoms with van der Waals surface area (Å²) in [4.78, 5) is 5.03. The van der Waals surface area contributed by atoms with Gasteiger partial charge in [-0.1, -0.05) is 165 Å². The van der Waals surface area contributed by atoms with E-state index in [9.17, 15) is 0 Å². The molecule has 0 N–H and O–H groups in total. The Morgan fingerprint density at radius 2 is 0.917 bits per heavy atom. The molecule has 2 aromatic heterocycles. The van der Waals surface area contributed by atoms with E-state index in [1.54, 1.807) is 0 Å². The highest BCUT2D eigenvalue weighted by molar-refractivity contribution is 6.28. The zero-order valence-corrected chi connectivity index (χ0v) is 42.2. The number of hydrogen-bond donors (Lipinski definition) is 0. The Kier molecular flexibility index (Phi) is 10.4. The number of rotatable bonds is 8. The van der Waals surface area contributed by atoms with Gasteiger partial charge in [0.2, 0.25) is 0 Å². The van der Waals surface area contributed by atoms with Crippen LogP contribution >= 0.6 is 0 Å². The number of allylic oxidation sites excluding steroid dienone is 1. The van der Waals surface area contributed by atoms with Crippen LogP contribution in [0.2, 0.25) is 0 Å². The van der Waals surface area contributed by atoms with Crippen molar-refractivity contribution in [3.8, 4) is 0 Å². The van der Waals surface area contributed by atoms with E-state index in [2.05, 4.69) is 183 Å². The molecule has 2 heterocycles. The van der Waals surface area contributed by atoms with Crippen molar-refractivity contribution >= 4 is 99.4 Å². The van der Waals surface area contributed by atoms with Crippen molar-refractivity contribution in [2.75, 3.05) is 9.80 Å². The van der Waals surface area contributed by atoms with Crippen LogP contribution in [-0.2, 0) is 6.42 Å². The van der Waals surface area contributed by atoms with Crippen molar-refractivity contribution in [2.24, 2.45) is 0 Å². The Hall–Kier alpha value is -7.30. The van der Waals surface area contributed by atoms with Crippen molar-refractivity contribution in [1.29, 1.82) is 0 Å². The lowest BCUT2D eigenvalue weighted by Gasteiger charge is -2.32. The maximum atomic E-state index is 7.31. The molecule has 2 saturated carbocycles. The van der Waals surface area contributed by atoms with Crippen LogP contribution in [0.1, 0.15) is 127 Å². The number of hydrogen-bond acceptors (Lipinski definition) is 4. The van der Waals surface area contributed by atoms with E-state index in [1.807, 2.05) is 0 Å². The Labute approximate surface area is 422 Å². The standard InChI is InChI=1S/C68H62N2O2/c1-41-27-35-57(43(3)39-41)69(61-25-13-23-53-51-21-11-19-49(65(51)71-67(53)61)45-15-7-5-8-16-45)59-37-31-47-30-34-56-60(38-32-48-29-33-55(59)63(47)64(48)56)70(58-36-28-42(2)40-44(58)4)62-26-14-24-54-52-22-12-20-50(66(52)72-68(54)62)46-17-9-6-10-18-46/h11-13,19-23,25-40,45-46H,5-10,14-18,24H2,1-4H3. The third-order valence-corrected chi connectivity index (χ3v) is 17.2. The molecule has 356 valence electrons. The van der Waals surface area contributed by atoms with Crippen molar-refractivity contribution in [2.45, 2.75) is 117 Å². The predicted octanol–water partition coefficient (Wildman–Crippen LogP) is 20.2. The molecular weight excluding hydrogens is 877 g/mol. The molecule has 0 amide bonds. The van der Waals surface area contributed by atoms with E-state index >= 15 is 0 Å². The highest BCUT2D eigenvalue weighted by Gasteiger charge is 2.32. The predicted molar refractivity (Wildman–Crippen MR) is 304 cm³/mol. The summed E-state index contributed by atoms with van der Waals surface area (Å²) in [7, 11) is 0. The van der Waals surface area contributed by atoms with Gasteiger partial charge in [-0.3, -0.25) is 0 Å². The molecule has 14 rings (SSSR count). The molecule has 9 aromatic carbocycles. The van der Waals surface area contributed by atoms with Gasteiger partial charge in [-0.15, -0.1) is 0 Å². The number of para-hydroxylation sites is 3. The molecule has 0 atom stereocenters. The number of nitrogens with zero attached hydrogens (tertiary/aromatic N) is 2. The topological polar surface area (TPSA) is 32.8 Å². The fourth-order valence-electron chi connectivity index (χ4n) is 13.8. The van der Waals surface area contributed by atoms with Gasteiger partial charge in [0.15, 0.2) is 11.3 Å². The first-order valence-electron chi connectivity index (χ1n) is 27.0. The summed E-state index contributed by atoms with van der Waals surface area (Å²) in [5.41, 5.74) is 19.0. The summed E-state index contributed by atoms with van der Waals surface area (Å²) < 4.78 is 14.6. The Balaban J connectivity index is 0.986. The number of benzene rings is 9. The van der Waals surface area contributed by atoms with Crippen LogP contribution < -0.4 is 9.80 Å². The maximum absolute atomic E-state index is 7.31. The zero-order valence-electron chi connectivity index (χ0n) is 42.2. The molecule has 0 aliphatic heterocycles. The molecule has 0 unspecified atom stereocenters. The molecule has 0 spiro atoms. The molecule has 4 heteroatoms. The van der Waals surface area contributed by atoms with Gasteiger partial charge in [-0.2, -0.15) is 0 Å². The van der Waals surface area contributed by atoms with Crippen molar-refractivity contribution < 1.29 is 8.83 Å². The minimum Gasteiger partial charge on any atom is -0.454 e. The van der Waals surface area contributed by atoms with Crippen molar-refractivity contribution in [1.82, 2.24) is 0 Å². The molecule has 0 saturated heterocycles. The van der Waals surface area contributed by atoms with Gasteiger partial charge in [0.25, 0.3) is 0 Å². The zero-order chi connectivity index (χ0) is 48.2. The SMILES string of the molecule is Cc1ccc(N(C2=CCCc3c2oc2c(C4CCCCC4)cccc32)c2ccc3ccc4c(N(c5ccc(C)cc5C)c5cccc6c5oc5c(C7CCCCC7)cccc56)ccc5ccc2c3c54)c(C)c1. The molecule has 0 bridgehead atoms. The number of aryl methyl sites for hydroxylation is 5. The maximum Gasteiger partial charge on any atom is 0.159 e. The molecule has 3 aliphatic carbocycles. The van der Waals surface area contributed by atoms with Gasteiger partial charge >= 0.3 is 0 Å². The second kappa shape index (κ2) is 17.2. The average molecular weight is 939 g/mol. The van der Waals surface area contributed by atoms with Crippen LogP contribution in [0, 0.1) is 27.7 Å². The first kappa shape index (κ1) is 43.5. The highest BCUT2D eigenvalue weighted by atomic mass is 16.3.